The van der Waals surface area contributed by atoms with Gasteiger partial charge in [0.1, 0.15) is 0 Å². The number of rotatable bonds is 5. The predicted octanol–water partition coefficient (Wildman–Crippen LogP) is 2.21. The summed E-state index contributed by atoms with van der Waals surface area (Å²) in [5.74, 6) is 0. The van der Waals surface area contributed by atoms with Crippen LogP contribution in [0.15, 0.2) is 42.5 Å². The molecular weight excluding hydrogens is 226 g/mol. The van der Waals surface area contributed by atoms with Gasteiger partial charge in [-0.1, -0.05) is 25.8 Å². The van der Waals surface area contributed by atoms with Gasteiger partial charge in [-0.2, -0.15) is 0 Å². The van der Waals surface area contributed by atoms with E-state index >= 15 is 0 Å². The topological polar surface area (TPSA) is 54.0 Å². The van der Waals surface area contributed by atoms with Gasteiger partial charge in [0.05, 0.1) is 0 Å². The van der Waals surface area contributed by atoms with Gasteiger partial charge >= 0.3 is 0 Å². The van der Waals surface area contributed by atoms with Gasteiger partial charge in [0.2, 0.25) is 0 Å². The summed E-state index contributed by atoms with van der Waals surface area (Å²) in [6.45, 7) is 2.18. The number of unbranched alkanes of at least 4 members (excludes halogenated alkanes) is 2. The Balaban J connectivity index is 0.000000225. The van der Waals surface area contributed by atoms with Gasteiger partial charge in [-0.15, -0.1) is 0 Å². The van der Waals surface area contributed by atoms with Crippen molar-refractivity contribution >= 4 is 6.29 Å². The van der Waals surface area contributed by atoms with Gasteiger partial charge in [-0.05, 0) is 25.0 Å². The average molecular weight is 247 g/mol. The number of carbonyl (C=O) groups excluding carboxylic acids is 1. The average Bonchev–Trinajstić information content (AvgIpc) is 2.90. The van der Waals surface area contributed by atoms with Crippen molar-refractivity contribution in [2.24, 2.45) is 0 Å². The minimum Gasteiger partial charge on any atom is -0.364 e. The van der Waals surface area contributed by atoms with Crippen LogP contribution in [0, 0.1) is 0 Å². The maximum atomic E-state index is 10.3. The minimum atomic E-state index is -0.193. The van der Waals surface area contributed by atoms with Crippen molar-refractivity contribution < 1.29 is 4.79 Å². The van der Waals surface area contributed by atoms with Gasteiger partial charge in [-0.25, -0.2) is 0 Å². The molecule has 18 heavy (non-hydrogen) atoms. The van der Waals surface area contributed by atoms with Crippen LogP contribution in [0.2, 0.25) is 0 Å². The molecule has 0 saturated heterocycles. The molecule has 0 saturated carbocycles. The van der Waals surface area contributed by atoms with Crippen LogP contribution in [0.4, 0.5) is 0 Å². The van der Waals surface area contributed by atoms with Crippen LogP contribution in [0.5, 0.6) is 0 Å². The summed E-state index contributed by atoms with van der Waals surface area (Å²) in [6, 6.07) is 5.72. The van der Waals surface area contributed by atoms with E-state index in [0.29, 0.717) is 0 Å². The Morgan fingerprint density at radius 1 is 1.28 bits per heavy atom. The third kappa shape index (κ3) is 6.03. The first-order valence-electron chi connectivity index (χ1n) is 6.38. The van der Waals surface area contributed by atoms with E-state index in [-0.39, 0.29) is 6.17 Å². The normalized spacial score (nSPS) is 16.7. The van der Waals surface area contributed by atoms with Gasteiger partial charge in [0.15, 0.2) is 12.5 Å². The number of aromatic nitrogens is 1. The quantitative estimate of drug-likeness (QED) is 0.618. The van der Waals surface area contributed by atoms with Crippen molar-refractivity contribution in [3.05, 3.63) is 42.5 Å². The molecule has 1 aliphatic rings. The summed E-state index contributed by atoms with van der Waals surface area (Å²) in [7, 11) is 0. The van der Waals surface area contributed by atoms with Gasteiger partial charge < -0.3 is 10.6 Å². The Labute approximate surface area is 109 Å². The molecule has 98 valence electrons. The molecule has 1 aromatic heterocycles. The molecule has 2 N–H and O–H groups in total. The lowest BCUT2D eigenvalue weighted by Gasteiger charge is -2.05. The highest BCUT2D eigenvalue weighted by molar-refractivity contribution is 5.58. The highest BCUT2D eigenvalue weighted by atomic mass is 16.1. The van der Waals surface area contributed by atoms with Crippen LogP contribution in [0.3, 0.4) is 0 Å². The lowest BCUT2D eigenvalue weighted by molar-refractivity contribution is -0.109. The molecule has 0 aromatic carbocycles. The van der Waals surface area contributed by atoms with E-state index in [0.717, 1.165) is 18.4 Å². The van der Waals surface area contributed by atoms with E-state index in [1.165, 1.54) is 19.3 Å². The van der Waals surface area contributed by atoms with Crippen molar-refractivity contribution in [1.82, 2.24) is 15.6 Å². The van der Waals surface area contributed by atoms with Crippen LogP contribution in [-0.2, 0) is 4.79 Å². The lowest BCUT2D eigenvalue weighted by Crippen LogP contribution is -2.33. The molecule has 0 amide bonds. The molecule has 0 fully saturated rings. The molecule has 0 aliphatic carbocycles. The third-order valence-corrected chi connectivity index (χ3v) is 2.53. The zero-order chi connectivity index (χ0) is 13.1. The third-order valence-electron chi connectivity index (χ3n) is 2.53. The van der Waals surface area contributed by atoms with Crippen LogP contribution >= 0.6 is 0 Å². The Morgan fingerprint density at radius 2 is 2.06 bits per heavy atom. The Kier molecular flexibility index (Phi) is 7.28. The minimum absolute atomic E-state index is 0.193. The SMILES string of the molecule is CCCCCC1=CNC(C=O)N1.c1ccncc1. The second-order valence-electron chi connectivity index (χ2n) is 4.08. The highest BCUT2D eigenvalue weighted by Crippen LogP contribution is 2.08. The van der Waals surface area contributed by atoms with Crippen molar-refractivity contribution in [2.75, 3.05) is 0 Å². The summed E-state index contributed by atoms with van der Waals surface area (Å²) in [4.78, 5) is 14.1. The van der Waals surface area contributed by atoms with E-state index in [4.69, 9.17) is 0 Å². The number of aldehydes is 1. The fourth-order valence-corrected chi connectivity index (χ4v) is 1.57. The fourth-order valence-electron chi connectivity index (χ4n) is 1.57. The molecule has 1 atom stereocenters. The van der Waals surface area contributed by atoms with Crippen molar-refractivity contribution in [3.8, 4) is 0 Å². The van der Waals surface area contributed by atoms with Crippen LogP contribution in [0.25, 0.3) is 0 Å². The molecule has 0 radical (unpaired) electrons. The summed E-state index contributed by atoms with van der Waals surface area (Å²) < 4.78 is 0. The molecule has 1 aromatic rings. The summed E-state index contributed by atoms with van der Waals surface area (Å²) in [5, 5.41) is 6.02. The van der Waals surface area contributed by atoms with Crippen LogP contribution < -0.4 is 10.6 Å². The zero-order valence-corrected chi connectivity index (χ0v) is 10.8. The van der Waals surface area contributed by atoms with E-state index < -0.39 is 0 Å². The largest absolute Gasteiger partial charge is 0.364 e. The van der Waals surface area contributed by atoms with E-state index in [2.05, 4.69) is 22.5 Å². The summed E-state index contributed by atoms with van der Waals surface area (Å²) in [6.07, 6.45) is 10.8. The number of hydrogen-bond acceptors (Lipinski definition) is 4. The van der Waals surface area contributed by atoms with E-state index in [1.54, 1.807) is 12.4 Å². The van der Waals surface area contributed by atoms with Crippen molar-refractivity contribution in [2.45, 2.75) is 38.8 Å². The van der Waals surface area contributed by atoms with Crippen molar-refractivity contribution in [3.63, 3.8) is 0 Å². The smallest absolute Gasteiger partial charge is 0.162 e. The second kappa shape index (κ2) is 9.22. The first-order valence-corrected chi connectivity index (χ1v) is 6.38. The van der Waals surface area contributed by atoms with E-state index in [9.17, 15) is 4.79 Å². The maximum Gasteiger partial charge on any atom is 0.162 e. The molecule has 1 unspecified atom stereocenters. The number of pyridine rings is 1. The molecule has 1 aliphatic heterocycles. The monoisotopic (exact) mass is 247 g/mol. The highest BCUT2D eigenvalue weighted by Gasteiger charge is 2.11. The number of allylic oxidation sites excluding steroid dienone is 1. The standard InChI is InChI=1S/C9H16N2O.C5H5N/c1-2-3-4-5-8-6-10-9(7-12)11-8;1-2-4-6-5-3-1/h6-7,9-11H,2-5H2,1H3;1-5H. The summed E-state index contributed by atoms with van der Waals surface area (Å²) in [5.41, 5.74) is 1.15. The van der Waals surface area contributed by atoms with E-state index in [1.807, 2.05) is 24.4 Å². The first-order chi connectivity index (χ1) is 8.86. The zero-order valence-electron chi connectivity index (χ0n) is 10.8. The Hall–Kier alpha value is -1.84. The van der Waals surface area contributed by atoms with Crippen LogP contribution in [-0.4, -0.2) is 17.4 Å². The first kappa shape index (κ1) is 14.2. The van der Waals surface area contributed by atoms with Gasteiger partial charge in [0, 0.05) is 24.3 Å². The number of hydrogen-bond donors (Lipinski definition) is 2. The fraction of sp³-hybridized carbons (Fsp3) is 0.429. The number of carbonyl (C=O) groups is 1. The molecule has 4 nitrogen and oxygen atoms in total. The molecule has 4 heteroatoms. The molecule has 2 heterocycles. The van der Waals surface area contributed by atoms with Gasteiger partial charge in [-0.3, -0.25) is 9.78 Å². The lowest BCUT2D eigenvalue weighted by atomic mass is 10.2. The Morgan fingerprint density at radius 3 is 2.50 bits per heavy atom. The molecule has 2 rings (SSSR count). The Bertz CT molecular complexity index is 325. The molecule has 0 bridgehead atoms. The summed E-state index contributed by atoms with van der Waals surface area (Å²) >= 11 is 0. The molecular formula is C14H21N3O. The number of nitrogens with zero attached hydrogens (tertiary/aromatic N) is 1. The van der Waals surface area contributed by atoms with Crippen molar-refractivity contribution in [1.29, 1.82) is 0 Å². The predicted molar refractivity (Wildman–Crippen MR) is 72.6 cm³/mol. The second-order valence-corrected chi connectivity index (χ2v) is 4.08. The molecule has 0 spiro atoms. The number of nitrogens with one attached hydrogen (secondary N) is 2. The van der Waals surface area contributed by atoms with Crippen LogP contribution in [0.1, 0.15) is 32.6 Å². The van der Waals surface area contributed by atoms with Gasteiger partial charge in [0.25, 0.3) is 0 Å². The maximum absolute atomic E-state index is 10.3.